The van der Waals surface area contributed by atoms with E-state index in [1.165, 1.54) is 24.3 Å². The molecule has 1 amide bonds. The van der Waals surface area contributed by atoms with Gasteiger partial charge < -0.3 is 14.8 Å². The fraction of sp³-hybridized carbons (Fsp3) is 0.0833. The van der Waals surface area contributed by atoms with Gasteiger partial charge in [-0.2, -0.15) is 0 Å². The molecule has 6 heteroatoms. The van der Waals surface area contributed by atoms with Crippen molar-refractivity contribution in [1.29, 1.82) is 0 Å². The predicted molar refractivity (Wildman–Crippen MR) is 112 cm³/mol. The van der Waals surface area contributed by atoms with Crippen molar-refractivity contribution >= 4 is 23.6 Å². The van der Waals surface area contributed by atoms with E-state index in [-0.39, 0.29) is 0 Å². The van der Waals surface area contributed by atoms with Crippen molar-refractivity contribution < 1.29 is 23.5 Å². The monoisotopic (exact) mass is 405 g/mol. The lowest BCUT2D eigenvalue weighted by molar-refractivity contribution is -0.149. The van der Waals surface area contributed by atoms with E-state index < -0.39 is 23.8 Å². The predicted octanol–water partition coefficient (Wildman–Crippen LogP) is 4.77. The van der Waals surface area contributed by atoms with Gasteiger partial charge in [0.05, 0.1) is 7.11 Å². The quantitative estimate of drug-likeness (QED) is 0.454. The number of rotatable bonds is 7. The van der Waals surface area contributed by atoms with Crippen LogP contribution in [0.5, 0.6) is 5.75 Å². The largest absolute Gasteiger partial charge is 0.497 e. The first-order valence-corrected chi connectivity index (χ1v) is 9.19. The highest BCUT2D eigenvalue weighted by molar-refractivity contribution is 5.97. The van der Waals surface area contributed by atoms with Gasteiger partial charge in [0, 0.05) is 17.3 Å². The van der Waals surface area contributed by atoms with Gasteiger partial charge in [-0.15, -0.1) is 0 Å². The molecule has 0 spiro atoms. The first-order valence-electron chi connectivity index (χ1n) is 9.19. The Kier molecular flexibility index (Phi) is 6.95. The molecule has 30 heavy (non-hydrogen) atoms. The zero-order valence-corrected chi connectivity index (χ0v) is 16.2. The zero-order valence-electron chi connectivity index (χ0n) is 16.2. The molecule has 0 radical (unpaired) electrons. The number of hydrogen-bond acceptors (Lipinski definition) is 4. The van der Waals surface area contributed by atoms with Crippen molar-refractivity contribution in [2.24, 2.45) is 0 Å². The van der Waals surface area contributed by atoms with Crippen molar-refractivity contribution in [2.45, 2.75) is 6.10 Å². The molecular weight excluding hydrogens is 385 g/mol. The maximum absolute atomic E-state index is 13.3. The fourth-order valence-corrected chi connectivity index (χ4v) is 2.71. The van der Waals surface area contributed by atoms with Crippen LogP contribution in [0.25, 0.3) is 6.08 Å². The third-order valence-corrected chi connectivity index (χ3v) is 4.19. The minimum Gasteiger partial charge on any atom is -0.497 e. The van der Waals surface area contributed by atoms with Gasteiger partial charge in [-0.05, 0) is 48.0 Å². The highest BCUT2D eigenvalue weighted by atomic mass is 19.1. The highest BCUT2D eigenvalue weighted by Crippen LogP contribution is 2.22. The summed E-state index contributed by atoms with van der Waals surface area (Å²) in [6, 6.07) is 21.3. The SMILES string of the molecule is COc1ccc(NC(=O)C(OC(=O)/C=C/c2cccc(F)c2)c2ccccc2)cc1. The summed E-state index contributed by atoms with van der Waals surface area (Å²) in [5, 5.41) is 2.73. The van der Waals surface area contributed by atoms with Crippen molar-refractivity contribution in [1.82, 2.24) is 0 Å². The van der Waals surface area contributed by atoms with Crippen molar-refractivity contribution in [3.05, 3.63) is 102 Å². The first kappa shape index (κ1) is 20.8. The number of methoxy groups -OCH3 is 1. The number of nitrogens with one attached hydrogen (secondary N) is 1. The third kappa shape index (κ3) is 5.78. The van der Waals surface area contributed by atoms with Crippen LogP contribution in [0.4, 0.5) is 10.1 Å². The van der Waals surface area contributed by atoms with Crippen LogP contribution in [0, 0.1) is 5.82 Å². The lowest BCUT2D eigenvalue weighted by Gasteiger charge is -2.17. The summed E-state index contributed by atoms with van der Waals surface area (Å²) in [7, 11) is 1.55. The Balaban J connectivity index is 1.75. The Morgan fingerprint density at radius 3 is 2.37 bits per heavy atom. The summed E-state index contributed by atoms with van der Waals surface area (Å²) in [6.07, 6.45) is 1.43. The maximum atomic E-state index is 13.3. The summed E-state index contributed by atoms with van der Waals surface area (Å²) in [6.45, 7) is 0. The molecule has 3 aromatic carbocycles. The number of carbonyl (C=O) groups excluding carboxylic acids is 2. The van der Waals surface area contributed by atoms with Gasteiger partial charge in [0.25, 0.3) is 5.91 Å². The highest BCUT2D eigenvalue weighted by Gasteiger charge is 2.24. The van der Waals surface area contributed by atoms with Crippen molar-refractivity contribution in [2.75, 3.05) is 12.4 Å². The number of halogens is 1. The third-order valence-electron chi connectivity index (χ3n) is 4.19. The molecule has 0 heterocycles. The summed E-state index contributed by atoms with van der Waals surface area (Å²) < 4.78 is 23.8. The van der Waals surface area contributed by atoms with Crippen LogP contribution in [-0.4, -0.2) is 19.0 Å². The van der Waals surface area contributed by atoms with Crippen LogP contribution in [0.15, 0.2) is 84.9 Å². The van der Waals surface area contributed by atoms with Crippen LogP contribution in [-0.2, 0) is 14.3 Å². The minimum absolute atomic E-state index is 0.411. The first-order chi connectivity index (χ1) is 14.5. The van der Waals surface area contributed by atoms with E-state index in [1.54, 1.807) is 67.8 Å². The van der Waals surface area contributed by atoms with Crippen LogP contribution < -0.4 is 10.1 Å². The molecule has 1 N–H and O–H groups in total. The van der Waals surface area contributed by atoms with Crippen LogP contribution >= 0.6 is 0 Å². The fourth-order valence-electron chi connectivity index (χ4n) is 2.71. The molecule has 3 aromatic rings. The van der Waals surface area contributed by atoms with Crippen molar-refractivity contribution in [3.63, 3.8) is 0 Å². The van der Waals surface area contributed by atoms with E-state index in [9.17, 15) is 14.0 Å². The van der Waals surface area contributed by atoms with Gasteiger partial charge in [-0.25, -0.2) is 9.18 Å². The molecule has 0 bridgehead atoms. The average molecular weight is 405 g/mol. The molecule has 5 nitrogen and oxygen atoms in total. The Bertz CT molecular complexity index is 1030. The summed E-state index contributed by atoms with van der Waals surface area (Å²) in [5.41, 5.74) is 1.56. The molecule has 0 saturated carbocycles. The molecule has 1 atom stereocenters. The number of benzene rings is 3. The lowest BCUT2D eigenvalue weighted by atomic mass is 10.1. The summed E-state index contributed by atoms with van der Waals surface area (Å²) >= 11 is 0. The molecule has 1 unspecified atom stereocenters. The van der Waals surface area contributed by atoms with E-state index in [1.807, 2.05) is 0 Å². The number of esters is 1. The van der Waals surface area contributed by atoms with Gasteiger partial charge >= 0.3 is 5.97 Å². The Labute approximate surface area is 173 Å². The van der Waals surface area contributed by atoms with Gasteiger partial charge in [0.15, 0.2) is 0 Å². The number of carbonyl (C=O) groups is 2. The molecule has 0 fully saturated rings. The van der Waals surface area contributed by atoms with E-state index in [2.05, 4.69) is 5.32 Å². The van der Waals surface area contributed by atoms with Crippen LogP contribution in [0.3, 0.4) is 0 Å². The second-order valence-corrected chi connectivity index (χ2v) is 6.33. The molecular formula is C24H20FNO4. The van der Waals surface area contributed by atoms with E-state index in [4.69, 9.17) is 9.47 Å². The van der Waals surface area contributed by atoms with Gasteiger partial charge in [-0.1, -0.05) is 42.5 Å². The zero-order chi connectivity index (χ0) is 21.3. The number of anilines is 1. The molecule has 152 valence electrons. The van der Waals surface area contributed by atoms with E-state index in [0.717, 1.165) is 6.08 Å². The topological polar surface area (TPSA) is 64.6 Å². The molecule has 0 aliphatic carbocycles. The van der Waals surface area contributed by atoms with Gasteiger partial charge in [-0.3, -0.25) is 4.79 Å². The van der Waals surface area contributed by atoms with Crippen molar-refractivity contribution in [3.8, 4) is 5.75 Å². The van der Waals surface area contributed by atoms with Gasteiger partial charge in [0.1, 0.15) is 11.6 Å². The molecule has 0 aromatic heterocycles. The normalized spacial score (nSPS) is 11.7. The Morgan fingerprint density at radius 2 is 1.70 bits per heavy atom. The lowest BCUT2D eigenvalue weighted by Crippen LogP contribution is -2.25. The maximum Gasteiger partial charge on any atom is 0.331 e. The Hall–Kier alpha value is -3.93. The Morgan fingerprint density at radius 1 is 0.967 bits per heavy atom. The van der Waals surface area contributed by atoms with E-state index in [0.29, 0.717) is 22.6 Å². The summed E-state index contributed by atoms with van der Waals surface area (Å²) in [5.74, 6) is -0.982. The van der Waals surface area contributed by atoms with Gasteiger partial charge in [0.2, 0.25) is 6.10 Å². The number of hydrogen-bond donors (Lipinski definition) is 1. The second-order valence-electron chi connectivity index (χ2n) is 6.33. The smallest absolute Gasteiger partial charge is 0.331 e. The van der Waals surface area contributed by atoms with E-state index >= 15 is 0 Å². The molecule has 0 saturated heterocycles. The number of ether oxygens (including phenoxy) is 2. The number of amides is 1. The molecule has 0 aliphatic rings. The van der Waals surface area contributed by atoms with Crippen LogP contribution in [0.2, 0.25) is 0 Å². The van der Waals surface area contributed by atoms with Crippen LogP contribution in [0.1, 0.15) is 17.2 Å². The average Bonchev–Trinajstić information content (AvgIpc) is 2.77. The molecule has 3 rings (SSSR count). The minimum atomic E-state index is -1.15. The second kappa shape index (κ2) is 10.0. The summed E-state index contributed by atoms with van der Waals surface area (Å²) in [4.78, 5) is 25.2. The standard InChI is InChI=1S/C24H20FNO4/c1-29-21-13-11-20(12-14-21)26-24(28)23(18-7-3-2-4-8-18)30-22(27)15-10-17-6-5-9-19(25)16-17/h2-16,23H,1H3,(H,26,28)/b15-10+. The molecule has 0 aliphatic heterocycles.